The summed E-state index contributed by atoms with van der Waals surface area (Å²) < 4.78 is 5.44. The van der Waals surface area contributed by atoms with Gasteiger partial charge in [-0.15, -0.1) is 0 Å². The fourth-order valence-electron chi connectivity index (χ4n) is 7.38. The molecule has 0 radical (unpaired) electrons. The second kappa shape index (κ2) is 46.0. The summed E-state index contributed by atoms with van der Waals surface area (Å²) in [5.41, 5.74) is 0. The summed E-state index contributed by atoms with van der Waals surface area (Å²) in [6.45, 7) is 4.83. The maximum Gasteiger partial charge on any atom is 0.305 e. The molecule has 56 heavy (non-hydrogen) atoms. The Labute approximate surface area is 348 Å². The van der Waals surface area contributed by atoms with Gasteiger partial charge in [0.2, 0.25) is 5.91 Å². The van der Waals surface area contributed by atoms with Crippen LogP contribution in [-0.2, 0) is 14.3 Å². The molecule has 330 valence electrons. The van der Waals surface area contributed by atoms with E-state index in [1.54, 1.807) is 6.08 Å². The lowest BCUT2D eigenvalue weighted by molar-refractivity contribution is -0.143. The van der Waals surface area contributed by atoms with Crippen LogP contribution in [0, 0.1) is 0 Å². The molecule has 0 aromatic rings. The summed E-state index contributed by atoms with van der Waals surface area (Å²) >= 11 is 0. The maximum atomic E-state index is 12.4. The fourth-order valence-corrected chi connectivity index (χ4v) is 7.38. The average Bonchev–Trinajstić information content (AvgIpc) is 3.20. The van der Waals surface area contributed by atoms with Gasteiger partial charge in [0, 0.05) is 12.8 Å². The molecule has 0 aliphatic heterocycles. The van der Waals surface area contributed by atoms with Crippen molar-refractivity contribution in [1.82, 2.24) is 5.32 Å². The minimum absolute atomic E-state index is 0.00732. The Kier molecular flexibility index (Phi) is 44.7. The van der Waals surface area contributed by atoms with Crippen LogP contribution < -0.4 is 5.32 Å². The Balaban J connectivity index is 3.44. The Hall–Kier alpha value is -1.66. The topological polar surface area (TPSA) is 95.9 Å². The van der Waals surface area contributed by atoms with E-state index in [4.69, 9.17) is 4.74 Å². The minimum atomic E-state index is -0.846. The van der Waals surface area contributed by atoms with Gasteiger partial charge in [0.15, 0.2) is 0 Å². The van der Waals surface area contributed by atoms with Crippen molar-refractivity contribution < 1.29 is 24.5 Å². The molecular formula is C50H95NO5. The highest BCUT2D eigenvalue weighted by Crippen LogP contribution is 2.16. The molecule has 0 spiro atoms. The number of aliphatic hydroxyl groups excluding tert-OH is 2. The van der Waals surface area contributed by atoms with Gasteiger partial charge < -0.3 is 20.3 Å². The fraction of sp³-hybridized carbons (Fsp3) is 0.880. The number of ether oxygens (including phenoxy) is 1. The first-order chi connectivity index (χ1) is 27.5. The van der Waals surface area contributed by atoms with Crippen LogP contribution in [0.1, 0.15) is 258 Å². The molecule has 2 atom stereocenters. The molecule has 0 aromatic carbocycles. The molecule has 6 heteroatoms. The van der Waals surface area contributed by atoms with Crippen molar-refractivity contribution in [3.05, 3.63) is 24.3 Å². The van der Waals surface area contributed by atoms with Crippen LogP contribution >= 0.6 is 0 Å². The summed E-state index contributed by atoms with van der Waals surface area (Å²) in [4.78, 5) is 24.3. The third kappa shape index (κ3) is 42.0. The predicted octanol–water partition coefficient (Wildman–Crippen LogP) is 14.3. The Morgan fingerprint density at radius 2 is 0.857 bits per heavy atom. The van der Waals surface area contributed by atoms with Gasteiger partial charge in [-0.3, -0.25) is 9.59 Å². The third-order valence-corrected chi connectivity index (χ3v) is 11.2. The van der Waals surface area contributed by atoms with E-state index in [1.807, 2.05) is 6.08 Å². The van der Waals surface area contributed by atoms with Crippen molar-refractivity contribution in [2.45, 2.75) is 270 Å². The standard InChI is InChI=1S/C50H95NO5/c1-3-5-7-9-11-13-22-26-30-34-38-42-48(53)47(46-52)51-49(54)43-39-35-31-27-24-20-18-16-15-17-19-21-25-29-33-37-41-45-56-50(55)44-40-36-32-28-23-14-12-10-8-6-4-2/h10,12,38,42,47-48,52-53H,3-9,11,13-37,39-41,43-46H2,1-2H3,(H,51,54)/b12-10-,42-38+. The normalized spacial score (nSPS) is 12.9. The monoisotopic (exact) mass is 790 g/mol. The van der Waals surface area contributed by atoms with Gasteiger partial charge in [0.25, 0.3) is 0 Å². The molecule has 0 aromatic heterocycles. The van der Waals surface area contributed by atoms with Gasteiger partial charge in [-0.2, -0.15) is 0 Å². The van der Waals surface area contributed by atoms with Gasteiger partial charge in [-0.25, -0.2) is 0 Å². The summed E-state index contributed by atoms with van der Waals surface area (Å²) in [7, 11) is 0. The van der Waals surface area contributed by atoms with E-state index in [0.29, 0.717) is 19.4 Å². The van der Waals surface area contributed by atoms with Crippen LogP contribution in [-0.4, -0.2) is 47.4 Å². The second-order valence-corrected chi connectivity index (χ2v) is 16.8. The molecule has 0 fully saturated rings. The first-order valence-electron chi connectivity index (χ1n) is 24.6. The number of carbonyl (C=O) groups excluding carboxylic acids is 2. The van der Waals surface area contributed by atoms with E-state index in [1.165, 1.54) is 186 Å². The van der Waals surface area contributed by atoms with Crippen molar-refractivity contribution in [3.63, 3.8) is 0 Å². The lowest BCUT2D eigenvalue weighted by atomic mass is 10.0. The molecule has 0 saturated heterocycles. The van der Waals surface area contributed by atoms with Crippen molar-refractivity contribution in [1.29, 1.82) is 0 Å². The first-order valence-corrected chi connectivity index (χ1v) is 24.6. The summed E-state index contributed by atoms with van der Waals surface area (Å²) in [6, 6.07) is -0.630. The summed E-state index contributed by atoms with van der Waals surface area (Å²) in [5.74, 6) is -0.0826. The number of amides is 1. The van der Waals surface area contributed by atoms with Gasteiger partial charge in [-0.05, 0) is 51.4 Å². The average molecular weight is 790 g/mol. The number of allylic oxidation sites excluding steroid dienone is 3. The molecule has 0 saturated carbocycles. The highest BCUT2D eigenvalue weighted by molar-refractivity contribution is 5.76. The quantitative estimate of drug-likeness (QED) is 0.0324. The number of carbonyl (C=O) groups is 2. The van der Waals surface area contributed by atoms with E-state index in [9.17, 15) is 19.8 Å². The Morgan fingerprint density at radius 3 is 1.32 bits per heavy atom. The van der Waals surface area contributed by atoms with E-state index in [2.05, 4.69) is 31.3 Å². The van der Waals surface area contributed by atoms with Crippen molar-refractivity contribution in [2.24, 2.45) is 0 Å². The number of hydrogen-bond acceptors (Lipinski definition) is 5. The zero-order chi connectivity index (χ0) is 40.8. The molecule has 0 aliphatic carbocycles. The van der Waals surface area contributed by atoms with E-state index < -0.39 is 12.1 Å². The SMILES string of the molecule is CCCC/C=C\CCCCCCCC(=O)OCCCCCCCCCCCCCCCCCCCC(=O)NC(CO)C(O)/C=C/CCCCCCCCCCC. The van der Waals surface area contributed by atoms with Gasteiger partial charge in [-0.1, -0.05) is 218 Å². The lowest BCUT2D eigenvalue weighted by Gasteiger charge is -2.20. The number of nitrogens with one attached hydrogen (secondary N) is 1. The zero-order valence-corrected chi connectivity index (χ0v) is 37.4. The second-order valence-electron chi connectivity index (χ2n) is 16.8. The smallest absolute Gasteiger partial charge is 0.305 e. The van der Waals surface area contributed by atoms with Crippen molar-refractivity contribution in [3.8, 4) is 0 Å². The van der Waals surface area contributed by atoms with Crippen LogP contribution in [0.25, 0.3) is 0 Å². The predicted molar refractivity (Wildman–Crippen MR) is 241 cm³/mol. The van der Waals surface area contributed by atoms with Crippen LogP contribution in [0.15, 0.2) is 24.3 Å². The molecule has 0 rings (SSSR count). The van der Waals surface area contributed by atoms with E-state index in [-0.39, 0.29) is 18.5 Å². The van der Waals surface area contributed by atoms with Crippen LogP contribution in [0.4, 0.5) is 0 Å². The zero-order valence-electron chi connectivity index (χ0n) is 37.4. The van der Waals surface area contributed by atoms with Crippen LogP contribution in [0.2, 0.25) is 0 Å². The molecule has 1 amide bonds. The number of rotatable bonds is 45. The minimum Gasteiger partial charge on any atom is -0.466 e. The first kappa shape index (κ1) is 54.3. The Bertz CT molecular complexity index is 874. The molecule has 0 aliphatic rings. The molecule has 0 heterocycles. The van der Waals surface area contributed by atoms with Crippen molar-refractivity contribution >= 4 is 11.9 Å². The molecule has 6 nitrogen and oxygen atoms in total. The van der Waals surface area contributed by atoms with E-state index in [0.717, 1.165) is 44.9 Å². The largest absolute Gasteiger partial charge is 0.466 e. The summed E-state index contributed by atoms with van der Waals surface area (Å²) in [5, 5.41) is 23.0. The van der Waals surface area contributed by atoms with Crippen molar-refractivity contribution in [2.75, 3.05) is 13.2 Å². The van der Waals surface area contributed by atoms with Gasteiger partial charge >= 0.3 is 5.97 Å². The van der Waals surface area contributed by atoms with Gasteiger partial charge in [0.05, 0.1) is 25.4 Å². The highest BCUT2D eigenvalue weighted by Gasteiger charge is 2.18. The maximum absolute atomic E-state index is 12.4. The number of hydrogen-bond donors (Lipinski definition) is 3. The molecular weight excluding hydrogens is 695 g/mol. The molecule has 2 unspecified atom stereocenters. The number of esters is 1. The third-order valence-electron chi connectivity index (χ3n) is 11.2. The van der Waals surface area contributed by atoms with Gasteiger partial charge in [0.1, 0.15) is 0 Å². The molecule has 0 bridgehead atoms. The molecule has 3 N–H and O–H groups in total. The Morgan fingerprint density at radius 1 is 0.482 bits per heavy atom. The van der Waals surface area contributed by atoms with E-state index >= 15 is 0 Å². The number of aliphatic hydroxyl groups is 2. The highest BCUT2D eigenvalue weighted by atomic mass is 16.5. The number of unbranched alkanes of at least 4 members (excludes halogenated alkanes) is 32. The van der Waals surface area contributed by atoms with Crippen LogP contribution in [0.3, 0.4) is 0 Å². The summed E-state index contributed by atoms with van der Waals surface area (Å²) in [6.07, 6.45) is 53.2. The lowest BCUT2D eigenvalue weighted by Crippen LogP contribution is -2.45. The van der Waals surface area contributed by atoms with Crippen LogP contribution in [0.5, 0.6) is 0 Å².